The number of piperidine rings is 1. The summed E-state index contributed by atoms with van der Waals surface area (Å²) < 4.78 is 18.7. The van der Waals surface area contributed by atoms with Crippen LogP contribution in [0.25, 0.3) is 0 Å². The number of hydrogen-bond acceptors (Lipinski definition) is 5. The largest absolute Gasteiger partial charge is 0.493 e. The lowest BCUT2D eigenvalue weighted by Gasteiger charge is -2.52. The number of allylic oxidation sites excluding steroid dienone is 2. The molecule has 1 unspecified atom stereocenters. The molecule has 1 spiro atoms. The van der Waals surface area contributed by atoms with Crippen molar-refractivity contribution in [2.45, 2.75) is 37.3 Å². The third-order valence-electron chi connectivity index (χ3n) is 6.26. The number of nitrogens with zero attached hydrogens (tertiary/aromatic N) is 1. The summed E-state index contributed by atoms with van der Waals surface area (Å²) in [6.45, 7) is 2.41. The van der Waals surface area contributed by atoms with Gasteiger partial charge in [-0.25, -0.2) is 0 Å². The number of hydrogen-bond donors (Lipinski definition) is 0. The minimum absolute atomic E-state index is 0.281. The van der Waals surface area contributed by atoms with E-state index in [2.05, 4.69) is 34.0 Å². The summed E-state index contributed by atoms with van der Waals surface area (Å²) in [5.41, 5.74) is 3.57. The summed E-state index contributed by atoms with van der Waals surface area (Å²) in [6, 6.07) is 2.31. The molecule has 2 aliphatic heterocycles. The molecule has 1 aromatic carbocycles. The maximum Gasteiger partial charge on any atom is 0.307 e. The van der Waals surface area contributed by atoms with E-state index in [0.717, 1.165) is 35.4 Å². The van der Waals surface area contributed by atoms with Gasteiger partial charge in [0, 0.05) is 23.0 Å². The molecule has 136 valence electrons. The lowest BCUT2D eigenvalue weighted by atomic mass is 9.57. The van der Waals surface area contributed by atoms with E-state index in [-0.39, 0.29) is 17.5 Å². The van der Waals surface area contributed by atoms with Crippen molar-refractivity contribution in [1.82, 2.24) is 4.90 Å². The lowest BCUT2D eigenvalue weighted by molar-refractivity contribution is -0.138. The number of ether oxygens (including phenoxy) is 3. The number of methoxy groups -OCH3 is 1. The maximum atomic E-state index is 11.7. The van der Waals surface area contributed by atoms with Gasteiger partial charge in [-0.3, -0.25) is 9.69 Å². The first kappa shape index (κ1) is 16.4. The quantitative estimate of drug-likeness (QED) is 0.691. The molecule has 1 saturated heterocycles. The van der Waals surface area contributed by atoms with Crippen LogP contribution in [0.1, 0.15) is 24.5 Å². The average Bonchev–Trinajstić information content (AvgIpc) is 2.95. The summed E-state index contributed by atoms with van der Waals surface area (Å²) in [6.07, 6.45) is 5.59. The predicted molar refractivity (Wildman–Crippen MR) is 99.5 cm³/mol. The number of likely N-dealkylation sites (N-methyl/N-ethyl adjacent to an activating group) is 1. The zero-order valence-electron chi connectivity index (χ0n) is 15.0. The van der Waals surface area contributed by atoms with E-state index < -0.39 is 0 Å². The normalized spacial score (nSPS) is 30.8. The molecule has 0 N–H and O–H groups in total. The van der Waals surface area contributed by atoms with Crippen LogP contribution in [0.2, 0.25) is 0 Å². The van der Waals surface area contributed by atoms with Gasteiger partial charge < -0.3 is 14.2 Å². The van der Waals surface area contributed by atoms with Crippen LogP contribution in [0.3, 0.4) is 0 Å². The van der Waals surface area contributed by atoms with Gasteiger partial charge in [-0.2, -0.15) is 0 Å². The van der Waals surface area contributed by atoms with E-state index in [1.165, 1.54) is 23.6 Å². The number of carbonyl (C=O) groups is 1. The molecule has 5 rings (SSSR count). The zero-order valence-corrected chi connectivity index (χ0v) is 16.6. The number of benzene rings is 1. The molecule has 4 aliphatic rings. The SMILES string of the molecule is COc1cc(Br)c2c3c1O[C@@H]1C(OC(C)=O)=CC=C4C(C2)N(C)CC[C@@]431. The van der Waals surface area contributed by atoms with Crippen molar-refractivity contribution in [3.05, 3.63) is 45.2 Å². The Morgan fingerprint density at radius 3 is 2.96 bits per heavy atom. The van der Waals surface area contributed by atoms with Crippen molar-refractivity contribution in [3.8, 4) is 11.5 Å². The molecule has 1 fully saturated rings. The van der Waals surface area contributed by atoms with Crippen LogP contribution in [0, 0.1) is 0 Å². The van der Waals surface area contributed by atoms with Gasteiger partial charge in [0.05, 0.1) is 12.5 Å². The molecule has 2 heterocycles. The molecule has 2 aliphatic carbocycles. The fourth-order valence-electron chi connectivity index (χ4n) is 5.21. The first-order valence-electron chi connectivity index (χ1n) is 8.84. The zero-order chi connectivity index (χ0) is 18.2. The average molecular weight is 418 g/mol. The van der Waals surface area contributed by atoms with Gasteiger partial charge >= 0.3 is 5.97 Å². The van der Waals surface area contributed by atoms with Crippen molar-refractivity contribution in [1.29, 1.82) is 0 Å². The van der Waals surface area contributed by atoms with E-state index >= 15 is 0 Å². The molecule has 1 aromatic rings. The summed E-state index contributed by atoms with van der Waals surface area (Å²) >= 11 is 3.75. The number of rotatable bonds is 2. The Balaban J connectivity index is 1.81. The van der Waals surface area contributed by atoms with Crippen molar-refractivity contribution < 1.29 is 19.0 Å². The molecule has 0 amide bonds. The van der Waals surface area contributed by atoms with Crippen molar-refractivity contribution >= 4 is 21.9 Å². The Morgan fingerprint density at radius 1 is 1.42 bits per heavy atom. The molecular formula is C20H20BrNO4. The monoisotopic (exact) mass is 417 g/mol. The second kappa shape index (κ2) is 5.36. The van der Waals surface area contributed by atoms with Gasteiger partial charge in [-0.05, 0) is 49.7 Å². The third-order valence-corrected chi connectivity index (χ3v) is 6.97. The minimum Gasteiger partial charge on any atom is -0.493 e. The Morgan fingerprint density at radius 2 is 2.23 bits per heavy atom. The van der Waals surface area contributed by atoms with Crippen LogP contribution in [-0.4, -0.2) is 43.7 Å². The predicted octanol–water partition coefficient (Wildman–Crippen LogP) is 3.10. The first-order chi connectivity index (χ1) is 12.5. The van der Waals surface area contributed by atoms with Crippen LogP contribution in [0.5, 0.6) is 11.5 Å². The molecule has 0 aromatic heterocycles. The van der Waals surface area contributed by atoms with Crippen molar-refractivity contribution in [2.24, 2.45) is 0 Å². The summed E-state index contributed by atoms with van der Waals surface area (Å²) in [5, 5.41) is 0. The van der Waals surface area contributed by atoms with E-state index in [9.17, 15) is 4.79 Å². The fourth-order valence-corrected chi connectivity index (χ4v) is 5.78. The van der Waals surface area contributed by atoms with Gasteiger partial charge in [0.15, 0.2) is 17.6 Å². The number of esters is 1. The fraction of sp³-hybridized carbons (Fsp3) is 0.450. The van der Waals surface area contributed by atoms with Crippen LogP contribution >= 0.6 is 15.9 Å². The van der Waals surface area contributed by atoms with Gasteiger partial charge in [-0.1, -0.05) is 22.0 Å². The topological polar surface area (TPSA) is 48.0 Å². The number of likely N-dealkylation sites (tertiary alicyclic amines) is 1. The molecule has 6 heteroatoms. The van der Waals surface area contributed by atoms with Gasteiger partial charge in [0.25, 0.3) is 0 Å². The highest BCUT2D eigenvalue weighted by molar-refractivity contribution is 9.10. The molecule has 5 nitrogen and oxygen atoms in total. The lowest BCUT2D eigenvalue weighted by Crippen LogP contribution is -2.58. The van der Waals surface area contributed by atoms with E-state index in [4.69, 9.17) is 14.2 Å². The molecule has 0 saturated carbocycles. The molecule has 26 heavy (non-hydrogen) atoms. The van der Waals surface area contributed by atoms with E-state index in [1.807, 2.05) is 12.1 Å². The highest BCUT2D eigenvalue weighted by Crippen LogP contribution is 2.63. The summed E-state index contributed by atoms with van der Waals surface area (Å²) in [7, 11) is 3.84. The number of halogens is 1. The highest BCUT2D eigenvalue weighted by atomic mass is 79.9. The highest BCUT2D eigenvalue weighted by Gasteiger charge is 2.62. The smallest absolute Gasteiger partial charge is 0.307 e. The van der Waals surface area contributed by atoms with Crippen molar-refractivity contribution in [3.63, 3.8) is 0 Å². The Kier molecular flexibility index (Phi) is 3.38. The second-order valence-electron chi connectivity index (χ2n) is 7.45. The van der Waals surface area contributed by atoms with Crippen LogP contribution in [0.4, 0.5) is 0 Å². The van der Waals surface area contributed by atoms with Gasteiger partial charge in [0.1, 0.15) is 5.76 Å². The Bertz CT molecular complexity index is 906. The Hall–Kier alpha value is -1.79. The number of carbonyl (C=O) groups excluding carboxylic acids is 1. The standard InChI is InChI=1S/C20H20BrNO4/c1-10(23)25-15-5-4-12-14-8-11-13(21)9-16(24-3)18-17(11)20(12,19(15)26-18)6-7-22(14)2/h4-5,9,14,19H,6-8H2,1-3H3/t14?,19-,20-/m1/s1. The second-order valence-corrected chi connectivity index (χ2v) is 8.30. The van der Waals surface area contributed by atoms with Crippen LogP contribution in [0.15, 0.2) is 34.0 Å². The van der Waals surface area contributed by atoms with Crippen LogP contribution in [-0.2, 0) is 21.4 Å². The molecule has 2 bridgehead atoms. The van der Waals surface area contributed by atoms with Crippen LogP contribution < -0.4 is 9.47 Å². The first-order valence-corrected chi connectivity index (χ1v) is 9.64. The van der Waals surface area contributed by atoms with Crippen molar-refractivity contribution in [2.75, 3.05) is 20.7 Å². The van der Waals surface area contributed by atoms with E-state index in [0.29, 0.717) is 11.8 Å². The molecule has 3 atom stereocenters. The van der Waals surface area contributed by atoms with E-state index in [1.54, 1.807) is 7.11 Å². The minimum atomic E-state index is -0.322. The summed E-state index contributed by atoms with van der Waals surface area (Å²) in [5.74, 6) is 1.78. The van der Waals surface area contributed by atoms with Gasteiger partial charge in [0.2, 0.25) is 0 Å². The van der Waals surface area contributed by atoms with Gasteiger partial charge in [-0.15, -0.1) is 0 Å². The molecule has 0 radical (unpaired) electrons. The maximum absolute atomic E-state index is 11.7. The summed E-state index contributed by atoms with van der Waals surface area (Å²) in [4.78, 5) is 14.1. The Labute approximate surface area is 160 Å². The third kappa shape index (κ3) is 1.86. The molecular weight excluding hydrogens is 398 g/mol.